The quantitative estimate of drug-likeness (QED) is 0.277. The number of benzene rings is 2. The predicted octanol–water partition coefficient (Wildman–Crippen LogP) is 5.72. The number of nitrogens with zero attached hydrogens (tertiary/aromatic N) is 5. The van der Waals surface area contributed by atoms with E-state index in [0.29, 0.717) is 30.8 Å². The Morgan fingerprint density at radius 2 is 1.91 bits per heavy atom. The molecule has 1 saturated heterocycles. The van der Waals surface area contributed by atoms with Crippen molar-refractivity contribution in [3.8, 4) is 11.3 Å². The van der Waals surface area contributed by atoms with Gasteiger partial charge in [0.1, 0.15) is 5.82 Å². The molecule has 3 heterocycles. The van der Waals surface area contributed by atoms with E-state index in [4.69, 9.17) is 22.3 Å². The number of aromatic nitrogens is 1. The molecule has 0 bridgehead atoms. The molecule has 2 aromatic carbocycles. The zero-order valence-electron chi connectivity index (χ0n) is 24.3. The van der Waals surface area contributed by atoms with Gasteiger partial charge in [-0.1, -0.05) is 55.8 Å². The van der Waals surface area contributed by atoms with Crippen LogP contribution in [0.25, 0.3) is 11.3 Å². The SMILES string of the molecule is C=CC(=O)N1C[C@H](C)N(C2=NS(=O)(=O)N(c3ccccc3CCCC)c3nc(-c4c(N)cccc4F)c(Cl)cc32)C[C@H]1C. The molecule has 3 aromatic rings. The number of carbonyl (C=O) groups is 1. The average molecular weight is 625 g/mol. The highest BCUT2D eigenvalue weighted by molar-refractivity contribution is 7.92. The molecule has 12 heteroatoms. The predicted molar refractivity (Wildman–Crippen MR) is 169 cm³/mol. The molecule has 5 rings (SSSR count). The molecule has 9 nitrogen and oxygen atoms in total. The second-order valence-corrected chi connectivity index (χ2v) is 12.7. The Morgan fingerprint density at radius 1 is 1.16 bits per heavy atom. The highest BCUT2D eigenvalue weighted by Gasteiger charge is 2.41. The van der Waals surface area contributed by atoms with E-state index in [9.17, 15) is 13.2 Å². The van der Waals surface area contributed by atoms with Gasteiger partial charge in [0, 0.05) is 30.9 Å². The van der Waals surface area contributed by atoms with Crippen LogP contribution >= 0.6 is 11.6 Å². The summed E-state index contributed by atoms with van der Waals surface area (Å²) in [6, 6.07) is 12.5. The molecule has 2 atom stereocenters. The Labute approximate surface area is 256 Å². The number of fused-ring (bicyclic) bond motifs is 1. The number of piperazine rings is 1. The Bertz CT molecular complexity index is 1710. The third kappa shape index (κ3) is 5.59. The molecule has 2 aliphatic rings. The molecular weight excluding hydrogens is 591 g/mol. The molecular formula is C31H34ClFN6O3S. The van der Waals surface area contributed by atoms with E-state index in [1.807, 2.05) is 30.9 Å². The lowest BCUT2D eigenvalue weighted by Gasteiger charge is -2.46. The van der Waals surface area contributed by atoms with E-state index < -0.39 is 16.0 Å². The van der Waals surface area contributed by atoms with Gasteiger partial charge in [0.05, 0.1) is 27.5 Å². The molecule has 43 heavy (non-hydrogen) atoms. The number of anilines is 3. The third-order valence-electron chi connectivity index (χ3n) is 7.83. The zero-order chi connectivity index (χ0) is 31.1. The topological polar surface area (TPSA) is 112 Å². The summed E-state index contributed by atoms with van der Waals surface area (Å²) in [6.45, 7) is 10.1. The number of amidine groups is 1. The van der Waals surface area contributed by atoms with Crippen molar-refractivity contribution in [1.29, 1.82) is 0 Å². The van der Waals surface area contributed by atoms with Crippen LogP contribution in [0.4, 0.5) is 21.6 Å². The number of carbonyl (C=O) groups excluding carboxylic acids is 1. The van der Waals surface area contributed by atoms with Crippen LogP contribution in [0, 0.1) is 5.82 Å². The first-order chi connectivity index (χ1) is 20.5. The Balaban J connectivity index is 1.74. The maximum atomic E-state index is 15.1. The van der Waals surface area contributed by atoms with Crippen molar-refractivity contribution in [3.05, 3.63) is 83.2 Å². The number of amides is 1. The van der Waals surface area contributed by atoms with Crippen molar-refractivity contribution in [2.75, 3.05) is 23.1 Å². The number of hydrogen-bond donors (Lipinski definition) is 1. The van der Waals surface area contributed by atoms with Crippen molar-refractivity contribution in [2.24, 2.45) is 4.40 Å². The molecule has 1 amide bonds. The van der Waals surface area contributed by atoms with Gasteiger partial charge in [0.25, 0.3) is 0 Å². The second kappa shape index (κ2) is 12.0. The number of hydrogen-bond acceptors (Lipinski definition) is 6. The van der Waals surface area contributed by atoms with Crippen molar-refractivity contribution in [3.63, 3.8) is 0 Å². The van der Waals surface area contributed by atoms with Crippen LogP contribution in [0.15, 0.2) is 65.6 Å². The fourth-order valence-electron chi connectivity index (χ4n) is 5.65. The monoisotopic (exact) mass is 624 g/mol. The molecule has 1 aromatic heterocycles. The summed E-state index contributed by atoms with van der Waals surface area (Å²) in [5.41, 5.74) is 7.86. The van der Waals surface area contributed by atoms with Crippen molar-refractivity contribution < 1.29 is 17.6 Å². The molecule has 0 aliphatic carbocycles. The van der Waals surface area contributed by atoms with E-state index in [0.717, 1.165) is 22.7 Å². The summed E-state index contributed by atoms with van der Waals surface area (Å²) in [6.07, 6.45) is 3.67. The van der Waals surface area contributed by atoms with Gasteiger partial charge in [-0.15, -0.1) is 4.40 Å². The molecule has 2 N–H and O–H groups in total. The minimum atomic E-state index is -4.39. The van der Waals surface area contributed by atoms with Crippen LogP contribution in [0.5, 0.6) is 0 Å². The van der Waals surface area contributed by atoms with E-state index >= 15 is 4.39 Å². The lowest BCUT2D eigenvalue weighted by Crippen LogP contribution is -2.60. The molecule has 0 spiro atoms. The van der Waals surface area contributed by atoms with Crippen LogP contribution in [0.1, 0.15) is 44.7 Å². The largest absolute Gasteiger partial charge is 0.398 e. The first-order valence-electron chi connectivity index (χ1n) is 14.2. The molecule has 226 valence electrons. The number of para-hydroxylation sites is 1. The summed E-state index contributed by atoms with van der Waals surface area (Å²) < 4.78 is 48.9. The number of halogens is 2. The maximum Gasteiger partial charge on any atom is 0.352 e. The fraction of sp³-hybridized carbons (Fsp3) is 0.323. The number of unbranched alkanes of at least 4 members (excludes halogenated alkanes) is 1. The van der Waals surface area contributed by atoms with Gasteiger partial charge in [0.15, 0.2) is 11.7 Å². The van der Waals surface area contributed by atoms with Gasteiger partial charge >= 0.3 is 10.2 Å². The average Bonchev–Trinajstić information content (AvgIpc) is 2.97. The van der Waals surface area contributed by atoms with Crippen LogP contribution < -0.4 is 10.0 Å². The Morgan fingerprint density at radius 3 is 2.60 bits per heavy atom. The van der Waals surface area contributed by atoms with Crippen LogP contribution in [-0.4, -0.2) is 60.1 Å². The Kier molecular flexibility index (Phi) is 8.49. The van der Waals surface area contributed by atoms with Gasteiger partial charge < -0.3 is 15.5 Å². The van der Waals surface area contributed by atoms with Gasteiger partial charge in [-0.3, -0.25) is 4.79 Å². The summed E-state index contributed by atoms with van der Waals surface area (Å²) in [4.78, 5) is 20.8. The fourth-order valence-corrected chi connectivity index (χ4v) is 7.19. The maximum absolute atomic E-state index is 15.1. The summed E-state index contributed by atoms with van der Waals surface area (Å²) in [5, 5.41) is 0.0861. The summed E-state index contributed by atoms with van der Waals surface area (Å²) >= 11 is 6.77. The van der Waals surface area contributed by atoms with E-state index in [-0.39, 0.29) is 51.6 Å². The van der Waals surface area contributed by atoms with Gasteiger partial charge in [-0.2, -0.15) is 8.42 Å². The lowest BCUT2D eigenvalue weighted by molar-refractivity contribution is -0.130. The summed E-state index contributed by atoms with van der Waals surface area (Å²) in [7, 11) is -4.39. The molecule has 0 saturated carbocycles. The molecule has 0 unspecified atom stereocenters. The number of rotatable bonds is 6. The highest BCUT2D eigenvalue weighted by atomic mass is 35.5. The zero-order valence-corrected chi connectivity index (χ0v) is 25.9. The van der Waals surface area contributed by atoms with Gasteiger partial charge in [0.2, 0.25) is 5.91 Å². The van der Waals surface area contributed by atoms with Crippen LogP contribution in [0.2, 0.25) is 5.02 Å². The number of nitrogen functional groups attached to an aromatic ring is 1. The first-order valence-corrected chi connectivity index (χ1v) is 15.9. The first kappa shape index (κ1) is 30.5. The molecule has 0 radical (unpaired) electrons. The highest BCUT2D eigenvalue weighted by Crippen LogP contribution is 2.43. The van der Waals surface area contributed by atoms with Gasteiger partial charge in [-0.25, -0.2) is 13.7 Å². The van der Waals surface area contributed by atoms with Crippen LogP contribution in [0.3, 0.4) is 0 Å². The minimum Gasteiger partial charge on any atom is -0.398 e. The van der Waals surface area contributed by atoms with E-state index in [2.05, 4.69) is 17.9 Å². The Hall–Kier alpha value is -3.96. The van der Waals surface area contributed by atoms with Crippen molar-refractivity contribution >= 4 is 50.7 Å². The molecule has 1 fully saturated rings. The smallest absolute Gasteiger partial charge is 0.352 e. The van der Waals surface area contributed by atoms with Crippen molar-refractivity contribution in [2.45, 2.75) is 52.1 Å². The normalized spacial score (nSPS) is 19.6. The van der Waals surface area contributed by atoms with E-state index in [1.165, 1.54) is 24.3 Å². The van der Waals surface area contributed by atoms with Crippen LogP contribution in [-0.2, 0) is 21.4 Å². The third-order valence-corrected chi connectivity index (χ3v) is 9.35. The minimum absolute atomic E-state index is 0.0190. The molecule has 2 aliphatic heterocycles. The van der Waals surface area contributed by atoms with Crippen molar-refractivity contribution in [1.82, 2.24) is 14.8 Å². The standard InChI is InChI=1S/C31H34ClFN6O3S/c1-5-7-11-21-12-8-9-15-26(21)39-30-22(16-23(32)29(35-30)28-24(33)13-10-14-25(28)34)31(36-43(39,41)42)38-18-19(3)37(17-20(38)4)27(40)6-2/h6,8-10,12-16,19-20H,2,5,7,11,17-18,34H2,1,3-4H3/t19-,20+/m1/s1. The lowest BCUT2D eigenvalue weighted by atomic mass is 10.0. The number of pyridine rings is 1. The number of aryl methyl sites for hydroxylation is 1. The summed E-state index contributed by atoms with van der Waals surface area (Å²) in [5.74, 6) is -0.642. The second-order valence-electron chi connectivity index (χ2n) is 10.8. The van der Waals surface area contributed by atoms with Gasteiger partial charge in [-0.05, 0) is 62.6 Å². The number of nitrogens with two attached hydrogens (primary N) is 1. The van der Waals surface area contributed by atoms with E-state index in [1.54, 1.807) is 23.1 Å².